The van der Waals surface area contributed by atoms with Crippen molar-refractivity contribution in [3.63, 3.8) is 0 Å². The van der Waals surface area contributed by atoms with Gasteiger partial charge >= 0.3 is 12.2 Å². The molecule has 0 aromatic heterocycles. The van der Waals surface area contributed by atoms with E-state index in [1.54, 1.807) is 0 Å². The summed E-state index contributed by atoms with van der Waals surface area (Å²) in [6.45, 7) is 2.33. The van der Waals surface area contributed by atoms with Gasteiger partial charge in [-0.15, -0.1) is 0 Å². The highest BCUT2D eigenvalue weighted by Crippen LogP contribution is 1.96. The van der Waals surface area contributed by atoms with Gasteiger partial charge in [-0.25, -0.2) is 9.59 Å². The molecule has 0 aromatic rings. The number of nitrogens with zero attached hydrogens (tertiary/aromatic N) is 1. The summed E-state index contributed by atoms with van der Waals surface area (Å²) >= 11 is 0. The Morgan fingerprint density at radius 1 is 1.33 bits per heavy atom. The molecule has 0 atom stereocenters. The van der Waals surface area contributed by atoms with Crippen LogP contribution in [0, 0.1) is 0 Å². The molecule has 0 spiro atoms. The van der Waals surface area contributed by atoms with Gasteiger partial charge in [0.2, 0.25) is 0 Å². The van der Waals surface area contributed by atoms with Crippen LogP contribution in [0.25, 0.3) is 0 Å². The van der Waals surface area contributed by atoms with Crippen LogP contribution in [0.2, 0.25) is 0 Å². The summed E-state index contributed by atoms with van der Waals surface area (Å²) in [6, 6.07) is 0. The lowest BCUT2D eigenvalue weighted by Gasteiger charge is -2.25. The molecule has 68 valence electrons. The number of ether oxygens (including phenoxy) is 1. The highest BCUT2D eigenvalue weighted by atomic mass is 16.7. The van der Waals surface area contributed by atoms with E-state index in [0.717, 1.165) is 0 Å². The molecule has 1 saturated heterocycles. The van der Waals surface area contributed by atoms with Crippen molar-refractivity contribution in [2.24, 2.45) is 0 Å². The molecular formula is C6H10N2O4. The van der Waals surface area contributed by atoms with Crippen molar-refractivity contribution in [1.82, 2.24) is 10.2 Å². The summed E-state index contributed by atoms with van der Waals surface area (Å²) in [7, 11) is 0. The molecule has 12 heavy (non-hydrogen) atoms. The monoisotopic (exact) mass is 174 g/mol. The van der Waals surface area contributed by atoms with E-state index in [1.165, 1.54) is 4.90 Å². The Bertz CT molecular complexity index is 188. The molecule has 0 radical (unpaired) electrons. The van der Waals surface area contributed by atoms with Gasteiger partial charge in [0.15, 0.2) is 0 Å². The maximum Gasteiger partial charge on any atom is 0.514 e. The number of carboxylic acid groups (broad SMARTS) is 1. The Morgan fingerprint density at radius 3 is 2.42 bits per heavy atom. The first-order valence-corrected chi connectivity index (χ1v) is 3.60. The first-order valence-electron chi connectivity index (χ1n) is 3.60. The molecule has 6 heteroatoms. The third-order valence-corrected chi connectivity index (χ3v) is 1.55. The standard InChI is InChI=1S/C6H10N2O4/c9-5(12-6(10)11)8-3-1-7-2-4-8/h7H,1-4H2,(H,10,11). The number of hydrogen-bond donors (Lipinski definition) is 2. The Morgan fingerprint density at radius 2 is 1.92 bits per heavy atom. The van der Waals surface area contributed by atoms with E-state index >= 15 is 0 Å². The lowest BCUT2D eigenvalue weighted by atomic mass is 10.4. The van der Waals surface area contributed by atoms with Crippen LogP contribution in [0.3, 0.4) is 0 Å². The summed E-state index contributed by atoms with van der Waals surface area (Å²) in [6.07, 6.45) is -2.34. The first-order chi connectivity index (χ1) is 5.70. The van der Waals surface area contributed by atoms with E-state index < -0.39 is 12.2 Å². The van der Waals surface area contributed by atoms with Crippen LogP contribution < -0.4 is 5.32 Å². The van der Waals surface area contributed by atoms with Crippen molar-refractivity contribution < 1.29 is 19.4 Å². The highest BCUT2D eigenvalue weighted by Gasteiger charge is 2.19. The molecule has 1 aliphatic heterocycles. The fourth-order valence-electron chi connectivity index (χ4n) is 0.987. The fourth-order valence-corrected chi connectivity index (χ4v) is 0.987. The molecule has 6 nitrogen and oxygen atoms in total. The van der Waals surface area contributed by atoms with Gasteiger partial charge in [0.05, 0.1) is 0 Å². The zero-order chi connectivity index (χ0) is 8.97. The largest absolute Gasteiger partial charge is 0.514 e. The van der Waals surface area contributed by atoms with Crippen molar-refractivity contribution in [3.05, 3.63) is 0 Å². The number of carbonyl (C=O) groups is 2. The van der Waals surface area contributed by atoms with Crippen LogP contribution in [0.1, 0.15) is 0 Å². The molecule has 1 heterocycles. The van der Waals surface area contributed by atoms with Gasteiger partial charge in [-0.2, -0.15) is 0 Å². The second-order valence-electron chi connectivity index (χ2n) is 2.37. The zero-order valence-corrected chi connectivity index (χ0v) is 6.45. The van der Waals surface area contributed by atoms with Gasteiger partial charge in [0, 0.05) is 26.2 Å². The van der Waals surface area contributed by atoms with Gasteiger partial charge in [0.1, 0.15) is 0 Å². The minimum atomic E-state index is -1.56. The summed E-state index contributed by atoms with van der Waals surface area (Å²) in [4.78, 5) is 22.2. The minimum absolute atomic E-state index is 0.492. The predicted molar refractivity (Wildman–Crippen MR) is 38.9 cm³/mol. The Labute approximate surface area is 69.1 Å². The maximum absolute atomic E-state index is 10.9. The average Bonchev–Trinajstić information content (AvgIpc) is 2.05. The Balaban J connectivity index is 2.34. The second-order valence-corrected chi connectivity index (χ2v) is 2.37. The van der Waals surface area contributed by atoms with Gasteiger partial charge in [-0.1, -0.05) is 0 Å². The number of rotatable bonds is 0. The fraction of sp³-hybridized carbons (Fsp3) is 0.667. The molecule has 0 saturated carbocycles. The molecule has 0 aromatic carbocycles. The first kappa shape index (κ1) is 8.79. The van der Waals surface area contributed by atoms with Crippen molar-refractivity contribution in [2.45, 2.75) is 0 Å². The number of carbonyl (C=O) groups excluding carboxylic acids is 1. The summed E-state index contributed by atoms with van der Waals surface area (Å²) < 4.78 is 3.97. The quantitative estimate of drug-likeness (QED) is 0.389. The molecule has 1 rings (SSSR count). The van der Waals surface area contributed by atoms with Crippen LogP contribution in [0.5, 0.6) is 0 Å². The molecule has 0 unspecified atom stereocenters. The molecule has 2 N–H and O–H groups in total. The van der Waals surface area contributed by atoms with Gasteiger partial charge in [0.25, 0.3) is 0 Å². The van der Waals surface area contributed by atoms with Crippen LogP contribution in [0.4, 0.5) is 9.59 Å². The molecule has 1 aliphatic rings. The smallest absolute Gasteiger partial charge is 0.449 e. The number of piperazine rings is 1. The van der Waals surface area contributed by atoms with E-state index in [4.69, 9.17) is 5.11 Å². The number of nitrogens with one attached hydrogen (secondary N) is 1. The van der Waals surface area contributed by atoms with Crippen molar-refractivity contribution >= 4 is 12.2 Å². The summed E-state index contributed by atoms with van der Waals surface area (Å²) in [5.74, 6) is 0. The van der Waals surface area contributed by atoms with Crippen LogP contribution in [-0.4, -0.2) is 48.4 Å². The van der Waals surface area contributed by atoms with Crippen molar-refractivity contribution in [1.29, 1.82) is 0 Å². The van der Waals surface area contributed by atoms with Gasteiger partial charge in [-0.3, -0.25) is 0 Å². The van der Waals surface area contributed by atoms with Crippen molar-refractivity contribution in [3.8, 4) is 0 Å². The van der Waals surface area contributed by atoms with E-state index in [-0.39, 0.29) is 0 Å². The van der Waals surface area contributed by atoms with E-state index in [2.05, 4.69) is 10.1 Å². The van der Waals surface area contributed by atoms with Crippen LogP contribution >= 0.6 is 0 Å². The number of amides is 1. The number of hydrogen-bond acceptors (Lipinski definition) is 4. The zero-order valence-electron chi connectivity index (χ0n) is 6.45. The van der Waals surface area contributed by atoms with E-state index in [0.29, 0.717) is 26.2 Å². The SMILES string of the molecule is O=C(O)OC(=O)N1CCNCC1. The molecule has 1 amide bonds. The second kappa shape index (κ2) is 3.91. The summed E-state index contributed by atoms with van der Waals surface area (Å²) in [5, 5.41) is 11.2. The Hall–Kier alpha value is -1.30. The molecular weight excluding hydrogens is 164 g/mol. The summed E-state index contributed by atoms with van der Waals surface area (Å²) in [5.41, 5.74) is 0. The van der Waals surface area contributed by atoms with Crippen molar-refractivity contribution in [2.75, 3.05) is 26.2 Å². The van der Waals surface area contributed by atoms with Crippen LogP contribution in [0.15, 0.2) is 0 Å². The molecule has 0 aliphatic carbocycles. The lowest BCUT2D eigenvalue weighted by molar-refractivity contribution is 0.0843. The minimum Gasteiger partial charge on any atom is -0.449 e. The van der Waals surface area contributed by atoms with Gasteiger partial charge < -0.3 is 20.1 Å². The molecule has 1 fully saturated rings. The maximum atomic E-state index is 10.9. The third-order valence-electron chi connectivity index (χ3n) is 1.55. The van der Waals surface area contributed by atoms with E-state index in [9.17, 15) is 9.59 Å². The topological polar surface area (TPSA) is 78.9 Å². The average molecular weight is 174 g/mol. The molecule has 0 bridgehead atoms. The third kappa shape index (κ3) is 2.39. The van der Waals surface area contributed by atoms with Crippen LogP contribution in [-0.2, 0) is 4.74 Å². The van der Waals surface area contributed by atoms with E-state index in [1.807, 2.05) is 0 Å². The lowest BCUT2D eigenvalue weighted by Crippen LogP contribution is -2.46. The Kier molecular flexibility index (Phi) is 2.87. The predicted octanol–water partition coefficient (Wildman–Crippen LogP) is -0.294. The van der Waals surface area contributed by atoms with Gasteiger partial charge in [-0.05, 0) is 0 Å². The normalized spacial score (nSPS) is 17.2. The highest BCUT2D eigenvalue weighted by molar-refractivity contribution is 5.79.